The van der Waals surface area contributed by atoms with Crippen molar-refractivity contribution >= 4 is 11.6 Å². The van der Waals surface area contributed by atoms with Gasteiger partial charge in [0.1, 0.15) is 4.87 Å². The molecule has 0 aromatic carbocycles. The van der Waals surface area contributed by atoms with Gasteiger partial charge in [0.05, 0.1) is 0 Å². The lowest BCUT2D eigenvalue weighted by atomic mass is 10.0. The average Bonchev–Trinajstić information content (AvgIpc) is 1.89. The summed E-state index contributed by atoms with van der Waals surface area (Å²) in [5.74, 6) is 5.75. The molecule has 1 atom stereocenters. The molecule has 0 fully saturated rings. The number of hydrogen-bond donors (Lipinski definition) is 0. The molecular formula is C9H9Cl. The van der Waals surface area contributed by atoms with Gasteiger partial charge < -0.3 is 0 Å². The van der Waals surface area contributed by atoms with Crippen LogP contribution >= 0.6 is 11.6 Å². The summed E-state index contributed by atoms with van der Waals surface area (Å²) < 4.78 is 0. The molecule has 0 aliphatic heterocycles. The predicted molar refractivity (Wildman–Crippen MR) is 44.9 cm³/mol. The largest absolute Gasteiger partial charge is 0.127 e. The van der Waals surface area contributed by atoms with E-state index in [2.05, 4.69) is 11.8 Å². The maximum atomic E-state index is 6.06. The van der Waals surface area contributed by atoms with Gasteiger partial charge in [-0.15, -0.1) is 17.5 Å². The number of rotatable bonds is 0. The molecule has 1 aliphatic carbocycles. The molecule has 0 N–H and O–H groups in total. The van der Waals surface area contributed by atoms with E-state index >= 15 is 0 Å². The lowest BCUT2D eigenvalue weighted by Gasteiger charge is -2.15. The molecular weight excluding hydrogens is 144 g/mol. The average molecular weight is 153 g/mol. The van der Waals surface area contributed by atoms with Gasteiger partial charge in [-0.3, -0.25) is 0 Å². The van der Waals surface area contributed by atoms with E-state index in [-0.39, 0.29) is 0 Å². The van der Waals surface area contributed by atoms with Crippen LogP contribution in [0, 0.1) is 11.8 Å². The summed E-state index contributed by atoms with van der Waals surface area (Å²) in [4.78, 5) is -0.427. The molecule has 0 saturated carbocycles. The third-order valence-electron chi connectivity index (χ3n) is 1.36. The van der Waals surface area contributed by atoms with E-state index in [1.54, 1.807) is 6.92 Å². The summed E-state index contributed by atoms with van der Waals surface area (Å²) in [5.41, 5.74) is 0. The number of hydrogen-bond acceptors (Lipinski definition) is 0. The van der Waals surface area contributed by atoms with Crippen molar-refractivity contribution < 1.29 is 0 Å². The van der Waals surface area contributed by atoms with Crippen LogP contribution in [0.1, 0.15) is 13.3 Å². The molecule has 1 heteroatoms. The Morgan fingerprint density at radius 2 is 2.30 bits per heavy atom. The highest BCUT2D eigenvalue weighted by molar-refractivity contribution is 6.27. The van der Waals surface area contributed by atoms with E-state index in [0.717, 1.165) is 6.42 Å². The van der Waals surface area contributed by atoms with E-state index in [4.69, 9.17) is 11.6 Å². The van der Waals surface area contributed by atoms with Crippen molar-refractivity contribution in [3.63, 3.8) is 0 Å². The molecule has 0 heterocycles. The van der Waals surface area contributed by atoms with Gasteiger partial charge >= 0.3 is 0 Å². The smallest absolute Gasteiger partial charge is 0.104 e. The van der Waals surface area contributed by atoms with Crippen LogP contribution in [0.4, 0.5) is 0 Å². The van der Waals surface area contributed by atoms with Gasteiger partial charge in [-0.25, -0.2) is 0 Å². The van der Waals surface area contributed by atoms with Crippen molar-refractivity contribution in [3.8, 4) is 11.8 Å². The fourth-order valence-electron chi connectivity index (χ4n) is 0.895. The standard InChI is InChI=1S/C9H9Cl/c1-2-6-9(10)7-4-3-5-8-9/h3-5,7H,8H2,1H3. The topological polar surface area (TPSA) is 0 Å². The molecule has 0 saturated heterocycles. The molecule has 0 bridgehead atoms. The molecule has 0 amide bonds. The number of alkyl halides is 1. The Labute approximate surface area is 66.6 Å². The number of halogens is 1. The zero-order valence-electron chi connectivity index (χ0n) is 5.89. The summed E-state index contributed by atoms with van der Waals surface area (Å²) in [6, 6.07) is 0. The van der Waals surface area contributed by atoms with Crippen LogP contribution in [0.5, 0.6) is 0 Å². The van der Waals surface area contributed by atoms with Gasteiger partial charge in [-0.1, -0.05) is 30.2 Å². The van der Waals surface area contributed by atoms with Crippen LogP contribution in [0.2, 0.25) is 0 Å². The summed E-state index contributed by atoms with van der Waals surface area (Å²) in [6.07, 6.45) is 8.67. The Balaban J connectivity index is 2.77. The maximum absolute atomic E-state index is 6.06. The molecule has 10 heavy (non-hydrogen) atoms. The molecule has 0 radical (unpaired) electrons. The minimum Gasteiger partial charge on any atom is -0.104 e. The van der Waals surface area contributed by atoms with Crippen LogP contribution in [-0.4, -0.2) is 4.87 Å². The Hall–Kier alpha value is -0.670. The lowest BCUT2D eigenvalue weighted by molar-refractivity contribution is 0.896. The second kappa shape index (κ2) is 2.94. The van der Waals surface area contributed by atoms with Crippen molar-refractivity contribution in [1.29, 1.82) is 0 Å². The minimum absolute atomic E-state index is 0.427. The van der Waals surface area contributed by atoms with E-state index < -0.39 is 4.87 Å². The van der Waals surface area contributed by atoms with Gasteiger partial charge in [0.2, 0.25) is 0 Å². The first-order valence-electron chi connectivity index (χ1n) is 3.24. The van der Waals surface area contributed by atoms with Crippen LogP contribution in [-0.2, 0) is 0 Å². The van der Waals surface area contributed by atoms with Crippen molar-refractivity contribution in [2.45, 2.75) is 18.2 Å². The minimum atomic E-state index is -0.427. The monoisotopic (exact) mass is 152 g/mol. The van der Waals surface area contributed by atoms with Gasteiger partial charge in [0.25, 0.3) is 0 Å². The SMILES string of the molecule is CC#CC1(Cl)C=CC=CC1. The maximum Gasteiger partial charge on any atom is 0.127 e. The fourth-order valence-corrected chi connectivity index (χ4v) is 1.15. The van der Waals surface area contributed by atoms with E-state index in [1.807, 2.05) is 24.3 Å². The van der Waals surface area contributed by atoms with Gasteiger partial charge in [0.15, 0.2) is 0 Å². The van der Waals surface area contributed by atoms with Crippen molar-refractivity contribution in [2.24, 2.45) is 0 Å². The molecule has 1 aliphatic rings. The third kappa shape index (κ3) is 1.65. The number of allylic oxidation sites excluding steroid dienone is 4. The van der Waals surface area contributed by atoms with Crippen LogP contribution in [0.3, 0.4) is 0 Å². The van der Waals surface area contributed by atoms with Crippen molar-refractivity contribution in [1.82, 2.24) is 0 Å². The van der Waals surface area contributed by atoms with Gasteiger partial charge in [-0.05, 0) is 13.3 Å². The molecule has 0 aromatic rings. The van der Waals surface area contributed by atoms with E-state index in [0.29, 0.717) is 0 Å². The Kier molecular flexibility index (Phi) is 2.19. The summed E-state index contributed by atoms with van der Waals surface area (Å²) in [7, 11) is 0. The third-order valence-corrected chi connectivity index (χ3v) is 1.73. The molecule has 0 aromatic heterocycles. The Bertz CT molecular complexity index is 227. The zero-order valence-corrected chi connectivity index (χ0v) is 6.65. The van der Waals surface area contributed by atoms with Crippen LogP contribution < -0.4 is 0 Å². The van der Waals surface area contributed by atoms with Crippen LogP contribution in [0.25, 0.3) is 0 Å². The van der Waals surface area contributed by atoms with Gasteiger partial charge in [-0.2, -0.15) is 0 Å². The zero-order chi connectivity index (χ0) is 7.45. The quantitative estimate of drug-likeness (QED) is 0.370. The van der Waals surface area contributed by atoms with Crippen molar-refractivity contribution in [3.05, 3.63) is 24.3 Å². The molecule has 1 unspecified atom stereocenters. The van der Waals surface area contributed by atoms with Gasteiger partial charge in [0, 0.05) is 0 Å². The fraction of sp³-hybridized carbons (Fsp3) is 0.333. The first-order chi connectivity index (χ1) is 4.77. The Morgan fingerprint density at radius 3 is 2.80 bits per heavy atom. The first-order valence-corrected chi connectivity index (χ1v) is 3.62. The van der Waals surface area contributed by atoms with Crippen molar-refractivity contribution in [2.75, 3.05) is 0 Å². The second-order valence-corrected chi connectivity index (χ2v) is 2.90. The molecule has 52 valence electrons. The molecule has 0 spiro atoms. The molecule has 1 rings (SSSR count). The second-order valence-electron chi connectivity index (χ2n) is 2.23. The highest BCUT2D eigenvalue weighted by Crippen LogP contribution is 2.24. The van der Waals surface area contributed by atoms with Crippen LogP contribution in [0.15, 0.2) is 24.3 Å². The molecule has 0 nitrogen and oxygen atoms in total. The normalized spacial score (nSPS) is 29.4. The highest BCUT2D eigenvalue weighted by Gasteiger charge is 2.19. The van der Waals surface area contributed by atoms with E-state index in [9.17, 15) is 0 Å². The summed E-state index contributed by atoms with van der Waals surface area (Å²) in [5, 5.41) is 0. The Morgan fingerprint density at radius 1 is 1.50 bits per heavy atom. The highest BCUT2D eigenvalue weighted by atomic mass is 35.5. The lowest BCUT2D eigenvalue weighted by Crippen LogP contribution is -2.15. The predicted octanol–water partition coefficient (Wildman–Crippen LogP) is 2.50. The van der Waals surface area contributed by atoms with E-state index in [1.165, 1.54) is 0 Å². The summed E-state index contributed by atoms with van der Waals surface area (Å²) in [6.45, 7) is 1.80. The first kappa shape index (κ1) is 7.44. The summed E-state index contributed by atoms with van der Waals surface area (Å²) >= 11 is 6.06.